The van der Waals surface area contributed by atoms with Crippen LogP contribution in [0.15, 0.2) is 212 Å². The zero-order valence-corrected chi connectivity index (χ0v) is 30.0. The van der Waals surface area contributed by atoms with Crippen LogP contribution < -0.4 is 0 Å². The van der Waals surface area contributed by atoms with Crippen molar-refractivity contribution in [1.82, 2.24) is 14.5 Å². The van der Waals surface area contributed by atoms with E-state index in [4.69, 9.17) is 9.97 Å². The highest BCUT2D eigenvalue weighted by molar-refractivity contribution is 6.12. The van der Waals surface area contributed by atoms with Gasteiger partial charge in [-0.1, -0.05) is 164 Å². The van der Waals surface area contributed by atoms with E-state index in [9.17, 15) is 0 Å². The van der Waals surface area contributed by atoms with Gasteiger partial charge in [-0.3, -0.25) is 4.57 Å². The second-order valence-corrected chi connectivity index (χ2v) is 13.9. The highest BCUT2D eigenvalue weighted by atomic mass is 15.1. The van der Waals surface area contributed by atoms with Crippen LogP contribution in [0.3, 0.4) is 0 Å². The average Bonchev–Trinajstić information content (AvgIpc) is 3.62. The van der Waals surface area contributed by atoms with Crippen LogP contribution >= 0.6 is 0 Å². The van der Waals surface area contributed by atoms with Crippen molar-refractivity contribution in [3.8, 4) is 72.7 Å². The third-order valence-corrected chi connectivity index (χ3v) is 10.4. The predicted octanol–water partition coefficient (Wildman–Crippen LogP) is 13.6. The Labute approximate surface area is 320 Å². The number of pyridine rings is 2. The zero-order valence-electron chi connectivity index (χ0n) is 30.0. The quantitative estimate of drug-likeness (QED) is 0.166. The standard InChI is InChI=1S/C52H35N3/c1-4-15-36(16-5-1)39-21-10-24-42(31-39)45-34-49(44-26-12-23-41(33-44)38-19-8-3-9-20-38)54-50(35-45)55-51-46(27-13-28-47(51)48-29-14-30-53-52(48)55)43-25-11-22-40(32-43)37-17-6-2-7-18-37/h1-35H. The van der Waals surface area contributed by atoms with Gasteiger partial charge in [-0.2, -0.15) is 0 Å². The Morgan fingerprint density at radius 3 is 1.42 bits per heavy atom. The van der Waals surface area contributed by atoms with Crippen molar-refractivity contribution < 1.29 is 0 Å². The molecule has 55 heavy (non-hydrogen) atoms. The molecule has 7 aromatic carbocycles. The van der Waals surface area contributed by atoms with Crippen molar-refractivity contribution in [3.63, 3.8) is 0 Å². The molecule has 0 amide bonds. The minimum atomic E-state index is 0.813. The first-order valence-electron chi connectivity index (χ1n) is 18.7. The monoisotopic (exact) mass is 701 g/mol. The van der Waals surface area contributed by atoms with Gasteiger partial charge in [-0.05, 0) is 92.5 Å². The van der Waals surface area contributed by atoms with Crippen LogP contribution in [0, 0.1) is 0 Å². The van der Waals surface area contributed by atoms with Crippen LogP contribution in [0.4, 0.5) is 0 Å². The van der Waals surface area contributed by atoms with Crippen molar-refractivity contribution in [3.05, 3.63) is 212 Å². The molecule has 0 saturated carbocycles. The molecule has 258 valence electrons. The summed E-state index contributed by atoms with van der Waals surface area (Å²) in [6.07, 6.45) is 1.88. The van der Waals surface area contributed by atoms with Gasteiger partial charge in [-0.15, -0.1) is 0 Å². The first-order chi connectivity index (χ1) is 27.3. The van der Waals surface area contributed by atoms with Gasteiger partial charge in [0.2, 0.25) is 0 Å². The number of para-hydroxylation sites is 1. The molecule has 3 heterocycles. The lowest BCUT2D eigenvalue weighted by Crippen LogP contribution is -2.02. The summed E-state index contributed by atoms with van der Waals surface area (Å²) in [6.45, 7) is 0. The number of hydrogen-bond donors (Lipinski definition) is 0. The lowest BCUT2D eigenvalue weighted by Gasteiger charge is -2.15. The molecular formula is C52H35N3. The number of nitrogens with zero attached hydrogens (tertiary/aromatic N) is 3. The Kier molecular flexibility index (Phi) is 8.16. The molecule has 3 nitrogen and oxygen atoms in total. The number of rotatable bonds is 7. The fourth-order valence-electron chi connectivity index (χ4n) is 7.79. The van der Waals surface area contributed by atoms with Crippen molar-refractivity contribution in [1.29, 1.82) is 0 Å². The number of hydrogen-bond acceptors (Lipinski definition) is 2. The van der Waals surface area contributed by atoms with Gasteiger partial charge in [-0.25, -0.2) is 9.97 Å². The van der Waals surface area contributed by atoms with Crippen molar-refractivity contribution in [2.24, 2.45) is 0 Å². The summed E-state index contributed by atoms with van der Waals surface area (Å²) in [4.78, 5) is 10.5. The van der Waals surface area contributed by atoms with E-state index in [0.717, 1.165) is 66.8 Å². The summed E-state index contributed by atoms with van der Waals surface area (Å²) >= 11 is 0. The van der Waals surface area contributed by atoms with E-state index in [1.54, 1.807) is 0 Å². The van der Waals surface area contributed by atoms with Gasteiger partial charge in [0.1, 0.15) is 11.5 Å². The molecule has 10 rings (SSSR count). The van der Waals surface area contributed by atoms with Crippen molar-refractivity contribution in [2.75, 3.05) is 0 Å². The molecular weight excluding hydrogens is 667 g/mol. The largest absolute Gasteiger partial charge is 0.277 e. The second-order valence-electron chi connectivity index (χ2n) is 13.9. The number of fused-ring (bicyclic) bond motifs is 3. The highest BCUT2D eigenvalue weighted by Crippen LogP contribution is 2.40. The zero-order chi connectivity index (χ0) is 36.6. The van der Waals surface area contributed by atoms with Gasteiger partial charge in [0.25, 0.3) is 0 Å². The van der Waals surface area contributed by atoms with Crippen LogP contribution in [-0.4, -0.2) is 14.5 Å². The molecule has 0 spiro atoms. The molecule has 10 aromatic rings. The minimum Gasteiger partial charge on any atom is -0.277 e. The molecule has 0 radical (unpaired) electrons. The predicted molar refractivity (Wildman–Crippen MR) is 229 cm³/mol. The average molecular weight is 702 g/mol. The summed E-state index contributed by atoms with van der Waals surface area (Å²) in [5.41, 5.74) is 15.4. The third-order valence-electron chi connectivity index (χ3n) is 10.4. The molecule has 0 bridgehead atoms. The molecule has 3 heteroatoms. The molecule has 0 saturated heterocycles. The Morgan fingerprint density at radius 1 is 0.327 bits per heavy atom. The summed E-state index contributed by atoms with van der Waals surface area (Å²) in [5, 5.41) is 2.22. The number of benzene rings is 7. The van der Waals surface area contributed by atoms with Crippen LogP contribution in [-0.2, 0) is 0 Å². The first kappa shape index (κ1) is 32.3. The smallest absolute Gasteiger partial charge is 0.146 e. The maximum atomic E-state index is 5.51. The topological polar surface area (TPSA) is 30.7 Å². The lowest BCUT2D eigenvalue weighted by molar-refractivity contribution is 1.06. The molecule has 0 unspecified atom stereocenters. The Hall–Kier alpha value is -7.36. The van der Waals surface area contributed by atoms with Crippen LogP contribution in [0.25, 0.3) is 94.6 Å². The molecule has 0 atom stereocenters. The molecule has 0 aliphatic carbocycles. The van der Waals surface area contributed by atoms with Crippen LogP contribution in [0.5, 0.6) is 0 Å². The Balaban J connectivity index is 1.23. The van der Waals surface area contributed by atoms with Crippen molar-refractivity contribution >= 4 is 21.9 Å². The van der Waals surface area contributed by atoms with Gasteiger partial charge in [0, 0.05) is 28.1 Å². The summed E-state index contributed by atoms with van der Waals surface area (Å²) in [5.74, 6) is 0.813. The van der Waals surface area contributed by atoms with Gasteiger partial charge >= 0.3 is 0 Å². The molecule has 0 fully saturated rings. The minimum absolute atomic E-state index is 0.813. The summed E-state index contributed by atoms with van der Waals surface area (Å²) < 4.78 is 2.27. The summed E-state index contributed by atoms with van der Waals surface area (Å²) in [6, 6.07) is 73.2. The van der Waals surface area contributed by atoms with Gasteiger partial charge < -0.3 is 0 Å². The molecule has 0 aliphatic heterocycles. The molecule has 0 N–H and O–H groups in total. The van der Waals surface area contributed by atoms with E-state index in [0.29, 0.717) is 0 Å². The molecule has 3 aromatic heterocycles. The fourth-order valence-corrected chi connectivity index (χ4v) is 7.79. The van der Waals surface area contributed by atoms with Gasteiger partial charge in [0.15, 0.2) is 0 Å². The second kappa shape index (κ2) is 13.9. The third kappa shape index (κ3) is 6.08. The summed E-state index contributed by atoms with van der Waals surface area (Å²) in [7, 11) is 0. The fraction of sp³-hybridized carbons (Fsp3) is 0. The van der Waals surface area contributed by atoms with E-state index in [1.165, 1.54) is 27.8 Å². The Morgan fingerprint density at radius 2 is 0.800 bits per heavy atom. The maximum Gasteiger partial charge on any atom is 0.146 e. The Bertz CT molecular complexity index is 2860. The first-order valence-corrected chi connectivity index (χ1v) is 18.7. The van der Waals surface area contributed by atoms with E-state index in [2.05, 4.69) is 205 Å². The lowest BCUT2D eigenvalue weighted by atomic mass is 9.97. The maximum absolute atomic E-state index is 5.51. The normalized spacial score (nSPS) is 11.3. The SMILES string of the molecule is c1ccc(-c2cccc(-c3cc(-c4cccc(-c5ccccc5)c4)nc(-n4c5ncccc5c5cccc(-c6cccc(-c7ccccc7)c6)c54)c3)c2)cc1. The highest BCUT2D eigenvalue weighted by Gasteiger charge is 2.20. The molecule has 0 aliphatic rings. The van der Waals surface area contributed by atoms with E-state index in [-0.39, 0.29) is 0 Å². The van der Waals surface area contributed by atoms with Crippen LogP contribution in [0.2, 0.25) is 0 Å². The van der Waals surface area contributed by atoms with Crippen molar-refractivity contribution in [2.45, 2.75) is 0 Å². The van der Waals surface area contributed by atoms with Gasteiger partial charge in [0.05, 0.1) is 11.2 Å². The number of aromatic nitrogens is 3. The van der Waals surface area contributed by atoms with E-state index < -0.39 is 0 Å². The van der Waals surface area contributed by atoms with Crippen LogP contribution in [0.1, 0.15) is 0 Å². The van der Waals surface area contributed by atoms with E-state index in [1.807, 2.05) is 12.3 Å². The van der Waals surface area contributed by atoms with E-state index >= 15 is 0 Å².